The molecule has 0 aliphatic rings. The molecule has 3 N–H and O–H groups in total. The number of carbonyl (C=O) groups excluding carboxylic acids is 1. The summed E-state index contributed by atoms with van der Waals surface area (Å²) in [5.41, 5.74) is 2.32. The van der Waals surface area contributed by atoms with Crippen molar-refractivity contribution in [3.05, 3.63) is 57.3 Å². The maximum absolute atomic E-state index is 12.5. The van der Waals surface area contributed by atoms with Crippen LogP contribution in [-0.4, -0.2) is 64.6 Å². The van der Waals surface area contributed by atoms with E-state index in [1.165, 1.54) is 11.3 Å². The van der Waals surface area contributed by atoms with Crippen molar-refractivity contribution in [1.29, 1.82) is 0 Å². The Balaban J connectivity index is 0.000000612. The molecule has 2 aromatic rings. The monoisotopic (exact) mass is 421 g/mol. The molecule has 0 aliphatic heterocycles. The highest BCUT2D eigenvalue weighted by molar-refractivity contribution is 7.12. The third kappa shape index (κ3) is 7.47. The molecule has 0 saturated carbocycles. The Bertz CT molecular complexity index is 863. The van der Waals surface area contributed by atoms with Gasteiger partial charge in [-0.25, -0.2) is 9.59 Å². The van der Waals surface area contributed by atoms with Crippen LogP contribution in [0.4, 0.5) is 0 Å². The van der Waals surface area contributed by atoms with Gasteiger partial charge >= 0.3 is 17.9 Å². The van der Waals surface area contributed by atoms with Gasteiger partial charge in [0, 0.05) is 12.1 Å². The molecule has 0 radical (unpaired) electrons. The van der Waals surface area contributed by atoms with Crippen molar-refractivity contribution >= 4 is 35.0 Å². The zero-order chi connectivity index (χ0) is 22.1. The molecule has 1 atom stereocenters. The van der Waals surface area contributed by atoms with E-state index in [2.05, 4.69) is 0 Å². The summed E-state index contributed by atoms with van der Waals surface area (Å²) >= 11 is 1.41. The fourth-order valence-corrected chi connectivity index (χ4v) is 3.10. The van der Waals surface area contributed by atoms with Crippen molar-refractivity contribution in [1.82, 2.24) is 4.90 Å². The maximum atomic E-state index is 12.5. The molecule has 8 nitrogen and oxygen atoms in total. The maximum Gasteiger partial charge on any atom is 0.414 e. The van der Waals surface area contributed by atoms with Crippen LogP contribution in [0.25, 0.3) is 0 Å². The number of carboxylic acids is 3. The van der Waals surface area contributed by atoms with Crippen LogP contribution in [0.5, 0.6) is 0 Å². The average molecular weight is 421 g/mol. The number of likely N-dealkylation sites (N-methyl/N-ethyl adjacent to an activating group) is 1. The average Bonchev–Trinajstić information content (AvgIpc) is 3.20. The van der Waals surface area contributed by atoms with Gasteiger partial charge in [-0.3, -0.25) is 9.59 Å². The molecule has 1 aromatic carbocycles. The molecular formula is C20H23NO7S. The molecule has 0 bridgehead atoms. The van der Waals surface area contributed by atoms with Gasteiger partial charge in [0.2, 0.25) is 5.78 Å². The lowest BCUT2D eigenvalue weighted by Gasteiger charge is -2.16. The third-order valence-corrected chi connectivity index (χ3v) is 4.87. The Morgan fingerprint density at radius 2 is 1.66 bits per heavy atom. The number of benzene rings is 1. The minimum absolute atomic E-state index is 0.0133. The van der Waals surface area contributed by atoms with Crippen LogP contribution in [0.15, 0.2) is 35.7 Å². The van der Waals surface area contributed by atoms with E-state index < -0.39 is 23.8 Å². The van der Waals surface area contributed by atoms with E-state index in [0.29, 0.717) is 16.9 Å². The highest BCUT2D eigenvalue weighted by Crippen LogP contribution is 2.24. The Labute approximate surface area is 172 Å². The Kier molecular flexibility index (Phi) is 9.17. The minimum atomic E-state index is -1.82. The third-order valence-electron chi connectivity index (χ3n) is 4.00. The van der Waals surface area contributed by atoms with Crippen molar-refractivity contribution in [3.8, 4) is 0 Å². The molecule has 0 saturated heterocycles. The number of thiophene rings is 1. The van der Waals surface area contributed by atoms with Gasteiger partial charge in [0.25, 0.3) is 0 Å². The molecule has 0 spiro atoms. The molecule has 0 fully saturated rings. The number of hydrogen-bond acceptors (Lipinski definition) is 6. The molecular weight excluding hydrogens is 398 g/mol. The summed E-state index contributed by atoms with van der Waals surface area (Å²) < 4.78 is 0. The van der Waals surface area contributed by atoms with Gasteiger partial charge in [0.15, 0.2) is 0 Å². The van der Waals surface area contributed by atoms with E-state index >= 15 is 0 Å². The van der Waals surface area contributed by atoms with Gasteiger partial charge in [-0.2, -0.15) is 0 Å². The normalized spacial score (nSPS) is 11.3. The van der Waals surface area contributed by atoms with Crippen LogP contribution in [0.2, 0.25) is 0 Å². The van der Waals surface area contributed by atoms with Gasteiger partial charge < -0.3 is 20.2 Å². The van der Waals surface area contributed by atoms with E-state index in [1.807, 2.05) is 36.5 Å². The topological polar surface area (TPSA) is 132 Å². The largest absolute Gasteiger partial charge is 0.481 e. The van der Waals surface area contributed by atoms with E-state index in [1.54, 1.807) is 25.1 Å². The lowest BCUT2D eigenvalue weighted by molar-refractivity contribution is -0.159. The number of carboxylic acid groups (broad SMARTS) is 3. The van der Waals surface area contributed by atoms with Crippen LogP contribution in [0.1, 0.15) is 39.2 Å². The summed E-state index contributed by atoms with van der Waals surface area (Å²) in [7, 11) is 3.95. The number of nitrogens with zero attached hydrogens (tertiary/aromatic N) is 1. The van der Waals surface area contributed by atoms with Crippen LogP contribution < -0.4 is 0 Å². The Hall–Kier alpha value is -3.04. The zero-order valence-electron chi connectivity index (χ0n) is 16.3. The zero-order valence-corrected chi connectivity index (χ0v) is 17.1. The summed E-state index contributed by atoms with van der Waals surface area (Å²) in [6.45, 7) is 2.48. The van der Waals surface area contributed by atoms with E-state index in [4.69, 9.17) is 19.8 Å². The predicted octanol–water partition coefficient (Wildman–Crippen LogP) is 2.43. The minimum Gasteiger partial charge on any atom is -0.481 e. The van der Waals surface area contributed by atoms with Crippen molar-refractivity contribution in [2.24, 2.45) is 0 Å². The molecule has 9 heteroatoms. The van der Waals surface area contributed by atoms with E-state index in [9.17, 15) is 14.7 Å². The summed E-state index contributed by atoms with van der Waals surface area (Å²) in [5.74, 6) is -5.10. The summed E-state index contributed by atoms with van der Waals surface area (Å²) in [6, 6.07) is 9.02. The van der Waals surface area contributed by atoms with Crippen LogP contribution in [0, 0.1) is 0 Å². The first-order valence-electron chi connectivity index (χ1n) is 8.59. The fourth-order valence-electron chi connectivity index (χ4n) is 2.41. The lowest BCUT2D eigenvalue weighted by Crippen LogP contribution is -2.18. The number of ketones is 1. The molecule has 29 heavy (non-hydrogen) atoms. The highest BCUT2D eigenvalue weighted by atomic mass is 32.1. The second-order valence-corrected chi connectivity index (χ2v) is 7.39. The molecule has 0 amide bonds. The van der Waals surface area contributed by atoms with Crippen LogP contribution in [0.3, 0.4) is 0 Å². The standard InChI is InChI=1S/C18H21NO3S.C2H2O4/c1-12(18(21)22)15-7-6-14(11-13(15)8-9-19(2)3)17(20)16-5-4-10-23-16;3-1(4)2(5)6/h4-7,10-12H,8-9H2,1-3H3,(H,21,22);(H,3,4)(H,5,6). The van der Waals surface area contributed by atoms with E-state index in [0.717, 1.165) is 17.7 Å². The molecule has 1 unspecified atom stereocenters. The molecule has 2 rings (SSSR count). The summed E-state index contributed by atoms with van der Waals surface area (Å²) in [5, 5.41) is 25.9. The first-order chi connectivity index (χ1) is 13.5. The number of hydrogen-bond donors (Lipinski definition) is 3. The number of aliphatic carboxylic acids is 3. The molecule has 1 heterocycles. The number of rotatable bonds is 7. The van der Waals surface area contributed by atoms with Gasteiger partial charge in [-0.05, 0) is 56.1 Å². The summed E-state index contributed by atoms with van der Waals surface area (Å²) in [4.78, 5) is 44.8. The van der Waals surface area contributed by atoms with Crippen molar-refractivity contribution < 1.29 is 34.5 Å². The number of carbonyl (C=O) groups is 4. The predicted molar refractivity (Wildman–Crippen MR) is 108 cm³/mol. The molecule has 156 valence electrons. The Morgan fingerprint density at radius 3 is 2.10 bits per heavy atom. The quantitative estimate of drug-likeness (QED) is 0.459. The lowest BCUT2D eigenvalue weighted by atomic mass is 9.91. The van der Waals surface area contributed by atoms with Crippen molar-refractivity contribution in [3.63, 3.8) is 0 Å². The van der Waals surface area contributed by atoms with Crippen molar-refractivity contribution in [2.75, 3.05) is 20.6 Å². The fraction of sp³-hybridized carbons (Fsp3) is 0.300. The first-order valence-corrected chi connectivity index (χ1v) is 9.47. The molecule has 1 aromatic heterocycles. The molecule has 0 aliphatic carbocycles. The van der Waals surface area contributed by atoms with Crippen LogP contribution >= 0.6 is 11.3 Å². The SMILES string of the molecule is CC(C(=O)O)c1ccc(C(=O)c2cccs2)cc1CCN(C)C.O=C(O)C(=O)O. The second-order valence-electron chi connectivity index (χ2n) is 6.44. The van der Waals surface area contributed by atoms with Gasteiger partial charge in [0.05, 0.1) is 10.8 Å². The van der Waals surface area contributed by atoms with Crippen LogP contribution in [-0.2, 0) is 20.8 Å². The second kappa shape index (κ2) is 11.1. The Morgan fingerprint density at radius 1 is 1.03 bits per heavy atom. The van der Waals surface area contributed by atoms with Gasteiger partial charge in [-0.15, -0.1) is 11.3 Å². The van der Waals surface area contributed by atoms with Crippen molar-refractivity contribution in [2.45, 2.75) is 19.3 Å². The van der Waals surface area contributed by atoms with Gasteiger partial charge in [-0.1, -0.05) is 18.2 Å². The smallest absolute Gasteiger partial charge is 0.414 e. The van der Waals surface area contributed by atoms with Gasteiger partial charge in [0.1, 0.15) is 0 Å². The van der Waals surface area contributed by atoms with E-state index in [-0.39, 0.29) is 5.78 Å². The highest BCUT2D eigenvalue weighted by Gasteiger charge is 2.19. The first kappa shape index (κ1) is 24.0. The summed E-state index contributed by atoms with van der Waals surface area (Å²) in [6.07, 6.45) is 0.714.